The van der Waals surface area contributed by atoms with Crippen LogP contribution >= 0.6 is 0 Å². The maximum absolute atomic E-state index is 4.94. The summed E-state index contributed by atoms with van der Waals surface area (Å²) >= 11 is 0. The van der Waals surface area contributed by atoms with Crippen molar-refractivity contribution < 1.29 is 0 Å². The summed E-state index contributed by atoms with van der Waals surface area (Å²) in [6.07, 6.45) is 4.23. The number of nitrogens with zero attached hydrogens (tertiary/aromatic N) is 5. The van der Waals surface area contributed by atoms with Gasteiger partial charge in [0.1, 0.15) is 5.82 Å². The number of anilines is 1. The van der Waals surface area contributed by atoms with E-state index in [0.29, 0.717) is 5.92 Å². The maximum atomic E-state index is 4.94. The van der Waals surface area contributed by atoms with E-state index in [-0.39, 0.29) is 0 Å². The lowest BCUT2D eigenvalue weighted by Gasteiger charge is -2.32. The maximum Gasteiger partial charge on any atom is 0.158 e. The minimum atomic E-state index is 0.470. The predicted molar refractivity (Wildman–Crippen MR) is 104 cm³/mol. The fourth-order valence-corrected chi connectivity index (χ4v) is 4.02. The molecule has 0 saturated carbocycles. The zero-order valence-corrected chi connectivity index (χ0v) is 15.7. The third-order valence-electron chi connectivity index (χ3n) is 5.34. The van der Waals surface area contributed by atoms with Gasteiger partial charge in [-0.05, 0) is 44.5 Å². The van der Waals surface area contributed by atoms with E-state index < -0.39 is 0 Å². The van der Waals surface area contributed by atoms with Gasteiger partial charge in [0.25, 0.3) is 0 Å². The van der Waals surface area contributed by atoms with Crippen LogP contribution in [0.1, 0.15) is 35.7 Å². The van der Waals surface area contributed by atoms with Gasteiger partial charge in [-0.2, -0.15) is 5.10 Å². The summed E-state index contributed by atoms with van der Waals surface area (Å²) in [4.78, 5) is 11.9. The number of likely N-dealkylation sites (tertiary alicyclic amines) is 1. The van der Waals surface area contributed by atoms with Crippen LogP contribution in [0.15, 0.2) is 30.5 Å². The Morgan fingerprint density at radius 1 is 1.27 bits per heavy atom. The summed E-state index contributed by atoms with van der Waals surface area (Å²) in [5.41, 5.74) is 4.47. The van der Waals surface area contributed by atoms with Crippen molar-refractivity contribution >= 4 is 16.9 Å². The van der Waals surface area contributed by atoms with Crippen LogP contribution in [-0.4, -0.2) is 44.8 Å². The van der Waals surface area contributed by atoms with E-state index in [4.69, 9.17) is 4.98 Å². The highest BCUT2D eigenvalue weighted by molar-refractivity contribution is 5.78. The number of aromatic nitrogens is 4. The van der Waals surface area contributed by atoms with Crippen LogP contribution < -0.4 is 5.32 Å². The molecule has 3 aromatic rings. The highest BCUT2D eigenvalue weighted by atomic mass is 15.3. The minimum absolute atomic E-state index is 0.470. The Morgan fingerprint density at radius 2 is 2.15 bits per heavy atom. The van der Waals surface area contributed by atoms with Crippen molar-refractivity contribution in [2.45, 2.75) is 32.2 Å². The fraction of sp³-hybridized carbons (Fsp3) is 0.450. The highest BCUT2D eigenvalue weighted by Gasteiger charge is 2.24. The second-order valence-corrected chi connectivity index (χ2v) is 7.15. The molecule has 0 unspecified atom stereocenters. The number of aryl methyl sites for hydroxylation is 2. The van der Waals surface area contributed by atoms with Gasteiger partial charge < -0.3 is 5.32 Å². The molecule has 4 rings (SSSR count). The van der Waals surface area contributed by atoms with Crippen LogP contribution in [0.25, 0.3) is 11.0 Å². The second kappa shape index (κ2) is 7.03. The Labute approximate surface area is 154 Å². The molecule has 1 aliphatic rings. The van der Waals surface area contributed by atoms with Gasteiger partial charge in [-0.25, -0.2) is 9.97 Å². The Kier molecular flexibility index (Phi) is 4.59. The molecule has 0 amide bonds. The number of fused-ring (bicyclic) bond motifs is 1. The molecule has 1 fully saturated rings. The smallest absolute Gasteiger partial charge is 0.158 e. The zero-order valence-electron chi connectivity index (χ0n) is 15.7. The van der Waals surface area contributed by atoms with Gasteiger partial charge in [-0.1, -0.05) is 6.07 Å². The molecule has 6 nitrogen and oxygen atoms in total. The summed E-state index contributed by atoms with van der Waals surface area (Å²) in [5.74, 6) is 1.44. The van der Waals surface area contributed by atoms with Crippen molar-refractivity contribution in [3.63, 3.8) is 0 Å². The van der Waals surface area contributed by atoms with E-state index in [9.17, 15) is 0 Å². The van der Waals surface area contributed by atoms with Gasteiger partial charge in [0.15, 0.2) is 5.65 Å². The van der Waals surface area contributed by atoms with E-state index >= 15 is 0 Å². The lowest BCUT2D eigenvalue weighted by Crippen LogP contribution is -2.34. The van der Waals surface area contributed by atoms with Gasteiger partial charge in [0.05, 0.1) is 5.69 Å². The van der Waals surface area contributed by atoms with Crippen molar-refractivity contribution in [2.24, 2.45) is 7.05 Å². The van der Waals surface area contributed by atoms with Crippen LogP contribution in [0.2, 0.25) is 0 Å². The van der Waals surface area contributed by atoms with Crippen LogP contribution in [-0.2, 0) is 13.6 Å². The van der Waals surface area contributed by atoms with Gasteiger partial charge >= 0.3 is 0 Å². The molecule has 3 aromatic heterocycles. The lowest BCUT2D eigenvalue weighted by atomic mass is 9.93. The van der Waals surface area contributed by atoms with Gasteiger partial charge in [0, 0.05) is 55.9 Å². The van der Waals surface area contributed by atoms with Gasteiger partial charge in [0.2, 0.25) is 0 Å². The average molecular weight is 350 g/mol. The van der Waals surface area contributed by atoms with Crippen molar-refractivity contribution in [3.8, 4) is 0 Å². The monoisotopic (exact) mass is 350 g/mol. The normalized spacial score (nSPS) is 18.3. The number of hydrogen-bond acceptors (Lipinski definition) is 5. The summed E-state index contributed by atoms with van der Waals surface area (Å²) in [7, 11) is 3.90. The van der Waals surface area contributed by atoms with Gasteiger partial charge in [-0.15, -0.1) is 0 Å². The standard InChI is InChI=1S/C20H26N6/c1-14-17-8-9-18(23-20(17)25(3)24-14)15-7-5-11-26(12-15)13-16-6-4-10-22-19(16)21-2/h4,6,8-10,15H,5,7,11-13H2,1-3H3,(H,21,22)/t15-/m0/s1. The van der Waals surface area contributed by atoms with Crippen LogP contribution in [0.4, 0.5) is 5.82 Å². The molecule has 0 radical (unpaired) electrons. The first-order valence-corrected chi connectivity index (χ1v) is 9.30. The Hall–Kier alpha value is -2.47. The van der Waals surface area contributed by atoms with Crippen molar-refractivity contribution in [1.82, 2.24) is 24.6 Å². The molecule has 0 aliphatic carbocycles. The first kappa shape index (κ1) is 17.0. The molecule has 1 aliphatic heterocycles. The van der Waals surface area contributed by atoms with Crippen molar-refractivity contribution in [2.75, 3.05) is 25.5 Å². The molecular weight excluding hydrogens is 324 g/mol. The molecule has 0 spiro atoms. The molecule has 0 aromatic carbocycles. The molecule has 136 valence electrons. The number of hydrogen-bond donors (Lipinski definition) is 1. The van der Waals surface area contributed by atoms with E-state index in [1.54, 1.807) is 0 Å². The largest absolute Gasteiger partial charge is 0.373 e. The van der Waals surface area contributed by atoms with E-state index in [1.165, 1.54) is 24.1 Å². The molecule has 1 saturated heterocycles. The van der Waals surface area contributed by atoms with E-state index in [0.717, 1.165) is 42.2 Å². The summed E-state index contributed by atoms with van der Waals surface area (Å²) in [5, 5.41) is 8.84. The first-order chi connectivity index (χ1) is 12.7. The predicted octanol–water partition coefficient (Wildman–Crippen LogP) is 3.09. The Balaban J connectivity index is 1.54. The van der Waals surface area contributed by atoms with Crippen molar-refractivity contribution in [1.29, 1.82) is 0 Å². The van der Waals surface area contributed by atoms with Crippen molar-refractivity contribution in [3.05, 3.63) is 47.4 Å². The highest BCUT2D eigenvalue weighted by Crippen LogP contribution is 2.29. The SMILES string of the molecule is CNc1ncccc1CN1CCC[C@H](c2ccc3c(C)nn(C)c3n2)C1. The van der Waals surface area contributed by atoms with Crippen LogP contribution in [0, 0.1) is 6.92 Å². The summed E-state index contributed by atoms with van der Waals surface area (Å²) < 4.78 is 1.89. The Morgan fingerprint density at radius 3 is 3.00 bits per heavy atom. The van der Waals surface area contributed by atoms with E-state index in [1.807, 2.05) is 38.0 Å². The van der Waals surface area contributed by atoms with Gasteiger partial charge in [-0.3, -0.25) is 9.58 Å². The molecule has 6 heteroatoms. The molecule has 1 N–H and O–H groups in total. The lowest BCUT2D eigenvalue weighted by molar-refractivity contribution is 0.199. The molecule has 0 bridgehead atoms. The minimum Gasteiger partial charge on any atom is -0.373 e. The molecule has 4 heterocycles. The molecular formula is C20H26N6. The fourth-order valence-electron chi connectivity index (χ4n) is 4.02. The number of nitrogens with one attached hydrogen (secondary N) is 1. The topological polar surface area (TPSA) is 58.9 Å². The second-order valence-electron chi connectivity index (χ2n) is 7.15. The quantitative estimate of drug-likeness (QED) is 0.783. The summed E-state index contributed by atoms with van der Waals surface area (Å²) in [6.45, 7) is 5.13. The summed E-state index contributed by atoms with van der Waals surface area (Å²) in [6, 6.07) is 8.54. The number of rotatable bonds is 4. The molecule has 26 heavy (non-hydrogen) atoms. The third-order valence-corrected chi connectivity index (χ3v) is 5.34. The zero-order chi connectivity index (χ0) is 18.1. The third kappa shape index (κ3) is 3.17. The van der Waals surface area contributed by atoms with Crippen LogP contribution in [0.3, 0.4) is 0 Å². The number of pyridine rings is 2. The van der Waals surface area contributed by atoms with E-state index in [2.05, 4.69) is 38.5 Å². The molecule has 1 atom stereocenters. The first-order valence-electron chi connectivity index (χ1n) is 9.30. The van der Waals surface area contributed by atoms with Crippen LogP contribution in [0.5, 0.6) is 0 Å². The average Bonchev–Trinajstić information content (AvgIpc) is 2.96. The number of piperidine rings is 1. The Bertz CT molecular complexity index is 916.